The van der Waals surface area contributed by atoms with Gasteiger partial charge in [0, 0.05) is 24.6 Å². The Morgan fingerprint density at radius 1 is 1.30 bits per heavy atom. The molecule has 27 heavy (non-hydrogen) atoms. The molecule has 0 spiro atoms. The lowest BCUT2D eigenvalue weighted by Gasteiger charge is -2.32. The minimum absolute atomic E-state index is 0.0376. The zero-order valence-corrected chi connectivity index (χ0v) is 15.2. The van der Waals surface area contributed by atoms with Gasteiger partial charge in [0.25, 0.3) is 5.91 Å². The van der Waals surface area contributed by atoms with Crippen LogP contribution in [0.5, 0.6) is 5.75 Å². The zero-order chi connectivity index (χ0) is 18.8. The summed E-state index contributed by atoms with van der Waals surface area (Å²) in [6.07, 6.45) is 1.97. The predicted molar refractivity (Wildman–Crippen MR) is 101 cm³/mol. The van der Waals surface area contributed by atoms with Crippen molar-refractivity contribution in [2.75, 3.05) is 19.7 Å². The molecule has 1 aromatic heterocycles. The lowest BCUT2D eigenvalue weighted by molar-refractivity contribution is 0.0633. The van der Waals surface area contributed by atoms with Crippen LogP contribution in [-0.4, -0.2) is 40.5 Å². The Morgan fingerprint density at radius 3 is 2.93 bits per heavy atom. The van der Waals surface area contributed by atoms with Crippen molar-refractivity contribution in [2.45, 2.75) is 19.8 Å². The number of nitrogens with one attached hydrogen (secondary N) is 1. The number of carbonyl (C=O) groups excluding carboxylic acids is 1. The third-order valence-corrected chi connectivity index (χ3v) is 4.95. The Hall–Kier alpha value is -2.89. The SMILES string of the molecule is Cc1nc2ccc(C(=O)N3CCC[C@H](COc4ccc(F)cc4)C3)cc2[nH]1. The topological polar surface area (TPSA) is 58.2 Å². The van der Waals surface area contributed by atoms with Crippen molar-refractivity contribution < 1.29 is 13.9 Å². The summed E-state index contributed by atoms with van der Waals surface area (Å²) < 4.78 is 18.8. The number of aromatic amines is 1. The molecule has 1 atom stereocenters. The molecular formula is C21H22FN3O2. The molecule has 2 heterocycles. The summed E-state index contributed by atoms with van der Waals surface area (Å²) in [6, 6.07) is 11.6. The molecule has 4 rings (SSSR count). The second-order valence-electron chi connectivity index (χ2n) is 7.08. The van der Waals surface area contributed by atoms with E-state index in [4.69, 9.17) is 4.74 Å². The zero-order valence-electron chi connectivity index (χ0n) is 15.2. The molecule has 1 amide bonds. The summed E-state index contributed by atoms with van der Waals surface area (Å²) in [5.41, 5.74) is 2.42. The maximum Gasteiger partial charge on any atom is 0.253 e. The molecule has 0 aliphatic carbocycles. The maximum atomic E-state index is 13.0. The van der Waals surface area contributed by atoms with Gasteiger partial charge < -0.3 is 14.6 Å². The van der Waals surface area contributed by atoms with Gasteiger partial charge >= 0.3 is 0 Å². The summed E-state index contributed by atoms with van der Waals surface area (Å²) in [7, 11) is 0. The molecule has 2 aromatic carbocycles. The molecule has 3 aromatic rings. The number of amides is 1. The number of carbonyl (C=O) groups is 1. The Balaban J connectivity index is 1.40. The van der Waals surface area contributed by atoms with Crippen LogP contribution in [0.15, 0.2) is 42.5 Å². The highest BCUT2D eigenvalue weighted by molar-refractivity contribution is 5.97. The molecular weight excluding hydrogens is 345 g/mol. The first kappa shape index (κ1) is 17.5. The fourth-order valence-corrected chi connectivity index (χ4v) is 3.58. The number of rotatable bonds is 4. The van der Waals surface area contributed by atoms with Gasteiger partial charge in [0.2, 0.25) is 0 Å². The number of H-pyrrole nitrogens is 1. The second-order valence-corrected chi connectivity index (χ2v) is 7.08. The number of benzene rings is 2. The summed E-state index contributed by atoms with van der Waals surface area (Å²) in [6.45, 7) is 3.85. The van der Waals surface area contributed by atoms with Crippen LogP contribution in [0.2, 0.25) is 0 Å². The largest absolute Gasteiger partial charge is 0.493 e. The van der Waals surface area contributed by atoms with Crippen LogP contribution in [-0.2, 0) is 0 Å². The fourth-order valence-electron chi connectivity index (χ4n) is 3.58. The molecule has 6 heteroatoms. The molecule has 1 saturated heterocycles. The number of halogens is 1. The summed E-state index contributed by atoms with van der Waals surface area (Å²) in [5.74, 6) is 1.52. The Labute approximate surface area is 157 Å². The first-order valence-corrected chi connectivity index (χ1v) is 9.22. The van der Waals surface area contributed by atoms with Crippen molar-refractivity contribution in [3.8, 4) is 5.75 Å². The van der Waals surface area contributed by atoms with Crippen LogP contribution in [0.1, 0.15) is 29.0 Å². The number of ether oxygens (including phenoxy) is 1. The third kappa shape index (κ3) is 3.94. The quantitative estimate of drug-likeness (QED) is 0.760. The number of nitrogens with zero attached hydrogens (tertiary/aromatic N) is 2. The molecule has 1 fully saturated rings. The van der Waals surface area contributed by atoms with Crippen molar-refractivity contribution in [1.29, 1.82) is 0 Å². The van der Waals surface area contributed by atoms with Crippen LogP contribution in [0.25, 0.3) is 11.0 Å². The lowest BCUT2D eigenvalue weighted by Crippen LogP contribution is -2.41. The highest BCUT2D eigenvalue weighted by Gasteiger charge is 2.25. The molecule has 5 nitrogen and oxygen atoms in total. The van der Waals surface area contributed by atoms with E-state index in [9.17, 15) is 9.18 Å². The van der Waals surface area contributed by atoms with E-state index in [2.05, 4.69) is 9.97 Å². The van der Waals surface area contributed by atoms with Gasteiger partial charge in [-0.25, -0.2) is 9.37 Å². The summed E-state index contributed by atoms with van der Waals surface area (Å²) in [4.78, 5) is 22.4. The van der Waals surface area contributed by atoms with Gasteiger partial charge in [0.1, 0.15) is 17.4 Å². The number of imidazole rings is 1. The number of likely N-dealkylation sites (tertiary alicyclic amines) is 1. The highest BCUT2D eigenvalue weighted by Crippen LogP contribution is 2.22. The molecule has 0 bridgehead atoms. The highest BCUT2D eigenvalue weighted by atomic mass is 19.1. The van der Waals surface area contributed by atoms with Crippen molar-refractivity contribution in [3.63, 3.8) is 0 Å². The Kier molecular flexibility index (Phi) is 4.79. The van der Waals surface area contributed by atoms with Crippen LogP contribution < -0.4 is 4.74 Å². The van der Waals surface area contributed by atoms with Gasteiger partial charge in [-0.15, -0.1) is 0 Å². The van der Waals surface area contributed by atoms with Gasteiger partial charge in [0.15, 0.2) is 0 Å². The summed E-state index contributed by atoms with van der Waals surface area (Å²) >= 11 is 0. The van der Waals surface area contributed by atoms with Crippen LogP contribution in [0, 0.1) is 18.7 Å². The lowest BCUT2D eigenvalue weighted by atomic mass is 9.98. The van der Waals surface area contributed by atoms with E-state index in [0.717, 1.165) is 36.2 Å². The van der Waals surface area contributed by atoms with Crippen molar-refractivity contribution in [3.05, 3.63) is 59.7 Å². The van der Waals surface area contributed by atoms with Gasteiger partial charge in [-0.2, -0.15) is 0 Å². The van der Waals surface area contributed by atoms with Crippen molar-refractivity contribution in [1.82, 2.24) is 14.9 Å². The maximum absolute atomic E-state index is 13.0. The molecule has 0 radical (unpaired) electrons. The number of aromatic nitrogens is 2. The normalized spacial score (nSPS) is 17.3. The molecule has 0 saturated carbocycles. The van der Waals surface area contributed by atoms with Crippen molar-refractivity contribution in [2.24, 2.45) is 5.92 Å². The standard InChI is InChI=1S/C21H22FN3O2/c1-14-23-19-9-4-16(11-20(19)24-14)21(26)25-10-2-3-15(12-25)13-27-18-7-5-17(22)6-8-18/h4-9,11,15H,2-3,10,12-13H2,1H3,(H,23,24)/t15-/m0/s1. The predicted octanol–water partition coefficient (Wildman–Crippen LogP) is 3.94. The van der Waals surface area contributed by atoms with E-state index in [1.165, 1.54) is 12.1 Å². The fraction of sp³-hybridized carbons (Fsp3) is 0.333. The minimum atomic E-state index is -0.277. The van der Waals surface area contributed by atoms with Crippen molar-refractivity contribution >= 4 is 16.9 Å². The average molecular weight is 367 g/mol. The van der Waals surface area contributed by atoms with Crippen LogP contribution >= 0.6 is 0 Å². The first-order chi connectivity index (χ1) is 13.1. The molecule has 140 valence electrons. The van der Waals surface area contributed by atoms with Crippen LogP contribution in [0.3, 0.4) is 0 Å². The minimum Gasteiger partial charge on any atom is -0.493 e. The van der Waals surface area contributed by atoms with Gasteiger partial charge in [-0.3, -0.25) is 4.79 Å². The van der Waals surface area contributed by atoms with Gasteiger partial charge in [-0.05, 0) is 62.2 Å². The second kappa shape index (κ2) is 7.39. The third-order valence-electron chi connectivity index (χ3n) is 4.95. The van der Waals surface area contributed by atoms with Crippen LogP contribution in [0.4, 0.5) is 4.39 Å². The average Bonchev–Trinajstić information content (AvgIpc) is 3.06. The first-order valence-electron chi connectivity index (χ1n) is 9.22. The smallest absolute Gasteiger partial charge is 0.253 e. The van der Waals surface area contributed by atoms with E-state index >= 15 is 0 Å². The number of aryl methyl sites for hydroxylation is 1. The van der Waals surface area contributed by atoms with E-state index in [1.54, 1.807) is 12.1 Å². The van der Waals surface area contributed by atoms with Gasteiger partial charge in [0.05, 0.1) is 17.6 Å². The Morgan fingerprint density at radius 2 is 2.11 bits per heavy atom. The number of hydrogen-bond donors (Lipinski definition) is 1. The molecule has 1 aliphatic rings. The Bertz CT molecular complexity index is 952. The van der Waals surface area contributed by atoms with E-state index < -0.39 is 0 Å². The monoisotopic (exact) mass is 367 g/mol. The van der Waals surface area contributed by atoms with E-state index in [-0.39, 0.29) is 17.6 Å². The van der Waals surface area contributed by atoms with E-state index in [0.29, 0.717) is 24.5 Å². The number of piperidine rings is 1. The molecule has 0 unspecified atom stereocenters. The van der Waals surface area contributed by atoms with Gasteiger partial charge in [-0.1, -0.05) is 0 Å². The number of hydrogen-bond acceptors (Lipinski definition) is 3. The molecule has 1 aliphatic heterocycles. The molecule has 1 N–H and O–H groups in total. The van der Waals surface area contributed by atoms with E-state index in [1.807, 2.05) is 30.0 Å². The summed E-state index contributed by atoms with van der Waals surface area (Å²) in [5, 5.41) is 0. The number of fused-ring (bicyclic) bond motifs is 1.